The van der Waals surface area contributed by atoms with Crippen molar-refractivity contribution < 1.29 is 23.1 Å². The van der Waals surface area contributed by atoms with Crippen molar-refractivity contribution in [2.24, 2.45) is 0 Å². The van der Waals surface area contributed by atoms with Gasteiger partial charge < -0.3 is 14.4 Å². The zero-order valence-corrected chi connectivity index (χ0v) is 28.2. The maximum absolute atomic E-state index is 12.5. The number of aromatic nitrogens is 1. The van der Waals surface area contributed by atoms with Crippen molar-refractivity contribution in [1.82, 2.24) is 9.29 Å². The third kappa shape index (κ3) is 8.72. The minimum absolute atomic E-state index is 0.179. The maximum atomic E-state index is 12.5. The van der Waals surface area contributed by atoms with Crippen LogP contribution < -0.4 is 9.46 Å². The predicted molar refractivity (Wildman–Crippen MR) is 193 cm³/mol. The zero-order valence-electron chi connectivity index (χ0n) is 26.7. The number of carboxylic acids is 1. The van der Waals surface area contributed by atoms with E-state index >= 15 is 0 Å². The molecule has 0 aliphatic heterocycles. The first kappa shape index (κ1) is 34.4. The molecule has 1 atom stereocenters. The van der Waals surface area contributed by atoms with Crippen LogP contribution in [0.25, 0.3) is 10.9 Å². The number of nitrogens with zero attached hydrogens (tertiary/aromatic N) is 1. The van der Waals surface area contributed by atoms with E-state index < -0.39 is 22.0 Å². The third-order valence-corrected chi connectivity index (χ3v) is 8.81. The van der Waals surface area contributed by atoms with E-state index in [1.807, 2.05) is 97.9 Å². The molecule has 0 saturated heterocycles. The molecule has 0 fully saturated rings. The Hall–Kier alpha value is -4.89. The molecule has 5 aromatic carbocycles. The number of nitrogens with one attached hydrogen (secondary N) is 1. The van der Waals surface area contributed by atoms with Gasteiger partial charge in [0.1, 0.15) is 5.75 Å². The molecule has 0 radical (unpaired) electrons. The lowest BCUT2D eigenvalue weighted by Gasteiger charge is -2.27. The molecule has 0 aliphatic rings. The van der Waals surface area contributed by atoms with Crippen molar-refractivity contribution in [3.63, 3.8) is 0 Å². The van der Waals surface area contributed by atoms with Gasteiger partial charge in [0.25, 0.3) is 0 Å². The number of carbonyl (C=O) groups is 1. The van der Waals surface area contributed by atoms with E-state index in [1.54, 1.807) is 12.1 Å². The van der Waals surface area contributed by atoms with Crippen molar-refractivity contribution in [2.45, 2.75) is 25.4 Å². The fourth-order valence-electron chi connectivity index (χ4n) is 5.87. The number of ether oxygens (including phenoxy) is 1. The van der Waals surface area contributed by atoms with Crippen molar-refractivity contribution in [2.75, 3.05) is 12.9 Å². The highest BCUT2D eigenvalue weighted by Gasteiger charge is 2.29. The highest BCUT2D eigenvalue weighted by atomic mass is 35.5. The SMILES string of the molecule is CC(NS(C)(=O)=O)c1c(CCOc2ccc(C(=O)O)cc2)c2ccc(Cl)cc2n1C(c1ccccc1)c1ccccc1.c1ccccc1. The van der Waals surface area contributed by atoms with E-state index in [1.165, 1.54) is 12.1 Å². The quantitative estimate of drug-likeness (QED) is 0.143. The van der Waals surface area contributed by atoms with Crippen LogP contribution in [0.1, 0.15) is 51.7 Å². The molecule has 9 heteroatoms. The number of carboxylic acid groups (broad SMARTS) is 1. The molecular formula is C39H37ClN2O5S. The number of hydrogen-bond donors (Lipinski definition) is 2. The number of fused-ring (bicyclic) bond motifs is 1. The van der Waals surface area contributed by atoms with E-state index in [4.69, 9.17) is 16.3 Å². The van der Waals surface area contributed by atoms with Gasteiger partial charge in [-0.25, -0.2) is 17.9 Å². The van der Waals surface area contributed by atoms with Gasteiger partial charge >= 0.3 is 5.97 Å². The molecule has 1 aromatic heterocycles. The molecule has 1 heterocycles. The summed E-state index contributed by atoms with van der Waals surface area (Å²) in [5.74, 6) is -0.460. The lowest BCUT2D eigenvalue weighted by Crippen LogP contribution is -2.29. The normalized spacial score (nSPS) is 11.9. The first-order valence-corrected chi connectivity index (χ1v) is 17.7. The Kier molecular flexibility index (Phi) is 11.3. The van der Waals surface area contributed by atoms with Gasteiger partial charge in [0.05, 0.1) is 36.0 Å². The molecule has 48 heavy (non-hydrogen) atoms. The second-order valence-electron chi connectivity index (χ2n) is 11.3. The van der Waals surface area contributed by atoms with Gasteiger partial charge in [-0.1, -0.05) is 115 Å². The fraction of sp³-hybridized carbons (Fsp3) is 0.154. The maximum Gasteiger partial charge on any atom is 0.335 e. The van der Waals surface area contributed by atoms with Gasteiger partial charge in [0.15, 0.2) is 0 Å². The summed E-state index contributed by atoms with van der Waals surface area (Å²) in [6.45, 7) is 2.13. The van der Waals surface area contributed by atoms with Gasteiger partial charge in [-0.05, 0) is 60.0 Å². The summed E-state index contributed by atoms with van der Waals surface area (Å²) in [5, 5.41) is 10.7. The van der Waals surface area contributed by atoms with Crippen LogP contribution in [0.15, 0.2) is 140 Å². The first-order chi connectivity index (χ1) is 23.1. The lowest BCUT2D eigenvalue weighted by molar-refractivity contribution is 0.0697. The van der Waals surface area contributed by atoms with E-state index in [0.717, 1.165) is 39.5 Å². The van der Waals surface area contributed by atoms with Crippen molar-refractivity contribution in [1.29, 1.82) is 0 Å². The lowest BCUT2D eigenvalue weighted by atomic mass is 9.97. The molecule has 0 amide bonds. The molecule has 0 aliphatic carbocycles. The first-order valence-electron chi connectivity index (χ1n) is 15.5. The van der Waals surface area contributed by atoms with Crippen LogP contribution in [0, 0.1) is 0 Å². The Morgan fingerprint density at radius 2 is 1.33 bits per heavy atom. The largest absolute Gasteiger partial charge is 0.493 e. The topological polar surface area (TPSA) is 97.6 Å². The number of sulfonamides is 1. The van der Waals surface area contributed by atoms with Gasteiger partial charge in [-0.15, -0.1) is 0 Å². The number of aromatic carboxylic acids is 1. The van der Waals surface area contributed by atoms with Crippen LogP contribution in [0.4, 0.5) is 0 Å². The Morgan fingerprint density at radius 1 is 0.812 bits per heavy atom. The minimum atomic E-state index is -3.55. The summed E-state index contributed by atoms with van der Waals surface area (Å²) >= 11 is 6.56. The molecule has 2 N–H and O–H groups in total. The average molecular weight is 681 g/mol. The number of rotatable bonds is 11. The smallest absolute Gasteiger partial charge is 0.335 e. The summed E-state index contributed by atoms with van der Waals surface area (Å²) in [5.41, 5.74) is 4.87. The molecule has 246 valence electrons. The van der Waals surface area contributed by atoms with Crippen LogP contribution in [-0.2, 0) is 16.4 Å². The van der Waals surface area contributed by atoms with Gasteiger partial charge in [-0.2, -0.15) is 0 Å². The van der Waals surface area contributed by atoms with Crippen LogP contribution in [0.2, 0.25) is 5.02 Å². The van der Waals surface area contributed by atoms with Crippen molar-refractivity contribution in [3.8, 4) is 5.75 Å². The second-order valence-corrected chi connectivity index (χ2v) is 13.5. The number of benzene rings is 5. The Morgan fingerprint density at radius 3 is 1.83 bits per heavy atom. The predicted octanol–water partition coefficient (Wildman–Crippen LogP) is 8.55. The molecule has 6 rings (SSSR count). The van der Waals surface area contributed by atoms with E-state index in [2.05, 4.69) is 33.6 Å². The van der Waals surface area contributed by atoms with Gasteiger partial charge in [-0.3, -0.25) is 0 Å². The summed E-state index contributed by atoms with van der Waals surface area (Å²) < 4.78 is 36.0. The highest BCUT2D eigenvalue weighted by Crippen LogP contribution is 2.40. The minimum Gasteiger partial charge on any atom is -0.493 e. The Balaban J connectivity index is 0.000000677. The summed E-state index contributed by atoms with van der Waals surface area (Å²) in [7, 11) is -3.55. The Bertz CT molecular complexity index is 1980. The summed E-state index contributed by atoms with van der Waals surface area (Å²) in [4.78, 5) is 11.2. The number of hydrogen-bond acceptors (Lipinski definition) is 4. The Labute approximate surface area is 286 Å². The molecule has 0 bridgehead atoms. The third-order valence-electron chi connectivity index (χ3n) is 7.79. The fourth-order valence-corrected chi connectivity index (χ4v) is 6.79. The molecule has 6 aromatic rings. The molecule has 7 nitrogen and oxygen atoms in total. The highest BCUT2D eigenvalue weighted by molar-refractivity contribution is 7.88. The molecule has 0 spiro atoms. The van der Waals surface area contributed by atoms with E-state index in [9.17, 15) is 18.3 Å². The monoisotopic (exact) mass is 680 g/mol. The zero-order chi connectivity index (χ0) is 34.1. The van der Waals surface area contributed by atoms with Crippen LogP contribution in [-0.4, -0.2) is 36.9 Å². The van der Waals surface area contributed by atoms with Crippen LogP contribution in [0.3, 0.4) is 0 Å². The molecular weight excluding hydrogens is 644 g/mol. The van der Waals surface area contributed by atoms with Gasteiger partial charge in [0.2, 0.25) is 10.0 Å². The van der Waals surface area contributed by atoms with Crippen molar-refractivity contribution in [3.05, 3.63) is 172 Å². The van der Waals surface area contributed by atoms with E-state index in [-0.39, 0.29) is 18.2 Å². The van der Waals surface area contributed by atoms with Crippen LogP contribution in [0.5, 0.6) is 5.75 Å². The second kappa shape index (κ2) is 15.8. The van der Waals surface area contributed by atoms with Gasteiger partial charge in [0, 0.05) is 22.5 Å². The van der Waals surface area contributed by atoms with Crippen molar-refractivity contribution >= 4 is 38.5 Å². The molecule has 0 saturated carbocycles. The standard InChI is InChI=1S/C33H31ClN2O5S.C6H6/c1-22(35-42(2,39)40)31-29(19-20-41-27-16-13-25(14-17-27)33(37)38)28-18-15-26(34)21-30(28)36(31)32(23-9-5-3-6-10-23)24-11-7-4-8-12-24;1-2-4-6-5-3-1/h3-18,21-22,32,35H,19-20H2,1-2H3,(H,37,38);1-6H. The molecule has 1 unspecified atom stereocenters. The summed E-state index contributed by atoms with van der Waals surface area (Å²) in [6.07, 6.45) is 1.62. The average Bonchev–Trinajstić information content (AvgIpc) is 3.39. The van der Waals surface area contributed by atoms with Crippen LogP contribution >= 0.6 is 11.6 Å². The van der Waals surface area contributed by atoms with E-state index in [0.29, 0.717) is 17.2 Å². The number of halogens is 1. The summed E-state index contributed by atoms with van der Waals surface area (Å²) in [6, 6.07) is 43.3.